The summed E-state index contributed by atoms with van der Waals surface area (Å²) in [5.41, 5.74) is 2.29. The Kier molecular flexibility index (Phi) is 4.35. The van der Waals surface area contributed by atoms with Crippen LogP contribution in [-0.4, -0.2) is 24.5 Å². The van der Waals surface area contributed by atoms with Gasteiger partial charge >= 0.3 is 0 Å². The van der Waals surface area contributed by atoms with Crippen molar-refractivity contribution in [3.63, 3.8) is 0 Å². The summed E-state index contributed by atoms with van der Waals surface area (Å²) in [7, 11) is 1.61. The molecule has 0 aliphatic heterocycles. The first-order chi connectivity index (χ1) is 9.67. The van der Waals surface area contributed by atoms with Gasteiger partial charge in [0.15, 0.2) is 5.78 Å². The molecular weight excluding hydrogens is 254 g/mol. The largest absolute Gasteiger partial charge is 0.496 e. The highest BCUT2D eigenvalue weighted by atomic mass is 16.5. The summed E-state index contributed by atoms with van der Waals surface area (Å²) in [5.74, 6) is 1.29. The number of pyridine rings is 1. The van der Waals surface area contributed by atoms with Crippen molar-refractivity contribution in [1.29, 1.82) is 0 Å². The number of rotatable bonds is 5. The normalized spacial score (nSPS) is 10.2. The van der Waals surface area contributed by atoms with Crippen LogP contribution in [0.2, 0.25) is 0 Å². The number of hydrogen-bond acceptors (Lipinski definition) is 4. The lowest BCUT2D eigenvalue weighted by Gasteiger charge is -2.12. The smallest absolute Gasteiger partial charge is 0.163 e. The van der Waals surface area contributed by atoms with Crippen LogP contribution in [0.25, 0.3) is 11.1 Å². The molecule has 0 saturated carbocycles. The second-order valence-electron chi connectivity index (χ2n) is 4.28. The lowest BCUT2D eigenvalue weighted by molar-refractivity contribution is 0.101. The highest BCUT2D eigenvalue weighted by Gasteiger charge is 2.12. The number of carbonyl (C=O) groups is 1. The molecule has 4 nitrogen and oxygen atoms in total. The molecule has 1 aromatic heterocycles. The molecule has 0 bridgehead atoms. The lowest BCUT2D eigenvalue weighted by Crippen LogP contribution is -2.01. The molecule has 0 amide bonds. The molecule has 2 rings (SSSR count). The third kappa shape index (κ3) is 2.79. The molecule has 1 heterocycles. The Morgan fingerprint density at radius 3 is 2.70 bits per heavy atom. The fourth-order valence-electron chi connectivity index (χ4n) is 2.03. The number of hydrogen-bond donors (Lipinski definition) is 0. The number of carbonyl (C=O) groups excluding carboxylic acids is 1. The number of methoxy groups -OCH3 is 1. The van der Waals surface area contributed by atoms with E-state index >= 15 is 0 Å². The van der Waals surface area contributed by atoms with E-state index in [1.807, 2.05) is 25.1 Å². The zero-order valence-corrected chi connectivity index (χ0v) is 11.8. The minimum atomic E-state index is -0.0295. The van der Waals surface area contributed by atoms with Crippen molar-refractivity contribution in [2.45, 2.75) is 13.8 Å². The molecule has 1 aromatic carbocycles. The van der Waals surface area contributed by atoms with Crippen molar-refractivity contribution in [3.8, 4) is 22.6 Å². The first-order valence-electron chi connectivity index (χ1n) is 6.43. The molecule has 0 N–H and O–H groups in total. The molecule has 0 saturated heterocycles. The van der Waals surface area contributed by atoms with Gasteiger partial charge in [0.2, 0.25) is 0 Å². The van der Waals surface area contributed by atoms with Gasteiger partial charge in [-0.15, -0.1) is 0 Å². The molecule has 0 radical (unpaired) electrons. The summed E-state index contributed by atoms with van der Waals surface area (Å²) in [6, 6.07) is 7.31. The molecule has 0 fully saturated rings. The molecule has 0 unspecified atom stereocenters. The van der Waals surface area contributed by atoms with Crippen LogP contribution in [0.5, 0.6) is 11.5 Å². The van der Waals surface area contributed by atoms with E-state index in [9.17, 15) is 4.79 Å². The predicted octanol–water partition coefficient (Wildman–Crippen LogP) is 3.36. The number of benzene rings is 1. The number of ketones is 1. The van der Waals surface area contributed by atoms with E-state index in [0.29, 0.717) is 17.9 Å². The second-order valence-corrected chi connectivity index (χ2v) is 4.28. The van der Waals surface area contributed by atoms with Gasteiger partial charge in [0.05, 0.1) is 19.3 Å². The fourth-order valence-corrected chi connectivity index (χ4v) is 2.03. The fraction of sp³-hybridized carbons (Fsp3) is 0.250. The first-order valence-corrected chi connectivity index (χ1v) is 6.43. The lowest BCUT2D eigenvalue weighted by atomic mass is 10.0. The van der Waals surface area contributed by atoms with Gasteiger partial charge in [-0.05, 0) is 37.6 Å². The van der Waals surface area contributed by atoms with Crippen LogP contribution < -0.4 is 9.47 Å². The maximum absolute atomic E-state index is 11.8. The molecule has 20 heavy (non-hydrogen) atoms. The Hall–Kier alpha value is -2.36. The van der Waals surface area contributed by atoms with Gasteiger partial charge in [0.1, 0.15) is 11.5 Å². The van der Waals surface area contributed by atoms with Gasteiger partial charge in [0.25, 0.3) is 0 Å². The van der Waals surface area contributed by atoms with Crippen molar-refractivity contribution in [2.75, 3.05) is 13.7 Å². The quantitative estimate of drug-likeness (QED) is 0.782. The van der Waals surface area contributed by atoms with Crippen molar-refractivity contribution in [1.82, 2.24) is 4.98 Å². The molecule has 0 atom stereocenters. The van der Waals surface area contributed by atoms with E-state index in [1.165, 1.54) is 6.92 Å². The monoisotopic (exact) mass is 271 g/mol. The van der Waals surface area contributed by atoms with Crippen molar-refractivity contribution < 1.29 is 14.3 Å². The van der Waals surface area contributed by atoms with Crippen LogP contribution in [0.1, 0.15) is 24.2 Å². The zero-order valence-electron chi connectivity index (χ0n) is 11.8. The molecule has 4 heteroatoms. The van der Waals surface area contributed by atoms with Gasteiger partial charge in [-0.2, -0.15) is 0 Å². The molecule has 0 spiro atoms. The predicted molar refractivity (Wildman–Crippen MR) is 77.4 cm³/mol. The van der Waals surface area contributed by atoms with Gasteiger partial charge in [-0.3, -0.25) is 9.78 Å². The maximum Gasteiger partial charge on any atom is 0.163 e. The summed E-state index contributed by atoms with van der Waals surface area (Å²) in [4.78, 5) is 15.9. The number of aromatic nitrogens is 1. The molecule has 2 aromatic rings. The number of nitrogens with zero attached hydrogens (tertiary/aromatic N) is 1. The molecule has 104 valence electrons. The summed E-state index contributed by atoms with van der Waals surface area (Å²) in [6.07, 6.45) is 3.39. The van der Waals surface area contributed by atoms with E-state index in [0.717, 1.165) is 16.9 Å². The van der Waals surface area contributed by atoms with Gasteiger partial charge in [-0.1, -0.05) is 6.07 Å². The van der Waals surface area contributed by atoms with Crippen molar-refractivity contribution >= 4 is 5.78 Å². The topological polar surface area (TPSA) is 48.4 Å². The van der Waals surface area contributed by atoms with E-state index in [2.05, 4.69) is 4.98 Å². The Balaban J connectivity index is 2.53. The van der Waals surface area contributed by atoms with E-state index in [1.54, 1.807) is 25.6 Å². The average molecular weight is 271 g/mol. The van der Waals surface area contributed by atoms with Gasteiger partial charge in [-0.25, -0.2) is 0 Å². The minimum absolute atomic E-state index is 0.0295. The highest BCUT2D eigenvalue weighted by Crippen LogP contribution is 2.32. The van der Waals surface area contributed by atoms with Gasteiger partial charge < -0.3 is 9.47 Å². The summed E-state index contributed by atoms with van der Waals surface area (Å²) in [5, 5.41) is 0. The Morgan fingerprint density at radius 1 is 1.25 bits per heavy atom. The molecule has 0 aliphatic carbocycles. The van der Waals surface area contributed by atoms with Crippen LogP contribution >= 0.6 is 0 Å². The summed E-state index contributed by atoms with van der Waals surface area (Å²) < 4.78 is 10.8. The van der Waals surface area contributed by atoms with E-state index in [-0.39, 0.29) is 5.78 Å². The van der Waals surface area contributed by atoms with Crippen molar-refractivity contribution in [2.24, 2.45) is 0 Å². The second kappa shape index (κ2) is 6.19. The first kappa shape index (κ1) is 14.1. The van der Waals surface area contributed by atoms with Crippen LogP contribution in [-0.2, 0) is 0 Å². The standard InChI is InChI=1S/C16H17NO3/c1-4-20-16-6-5-12(9-13(16)11(2)18)14-10-17-8-7-15(14)19-3/h5-10H,4H2,1-3H3. The van der Waals surface area contributed by atoms with E-state index < -0.39 is 0 Å². The van der Waals surface area contributed by atoms with Crippen LogP contribution in [0.3, 0.4) is 0 Å². The minimum Gasteiger partial charge on any atom is -0.496 e. The average Bonchev–Trinajstić information content (AvgIpc) is 2.47. The molecule has 0 aliphatic rings. The third-order valence-corrected chi connectivity index (χ3v) is 2.97. The number of ether oxygens (including phenoxy) is 2. The Labute approximate surface area is 118 Å². The van der Waals surface area contributed by atoms with Gasteiger partial charge in [0, 0.05) is 18.0 Å². The number of Topliss-reactive ketones (excluding diaryl/α,β-unsaturated/α-hetero) is 1. The van der Waals surface area contributed by atoms with Crippen molar-refractivity contribution in [3.05, 3.63) is 42.2 Å². The summed E-state index contributed by atoms with van der Waals surface area (Å²) in [6.45, 7) is 3.94. The van der Waals surface area contributed by atoms with E-state index in [4.69, 9.17) is 9.47 Å². The Bertz CT molecular complexity index is 623. The van der Waals surface area contributed by atoms with Crippen LogP contribution in [0.4, 0.5) is 0 Å². The Morgan fingerprint density at radius 2 is 2.05 bits per heavy atom. The molecular formula is C16H17NO3. The van der Waals surface area contributed by atoms with Crippen LogP contribution in [0, 0.1) is 0 Å². The maximum atomic E-state index is 11.8. The third-order valence-electron chi connectivity index (χ3n) is 2.97. The zero-order chi connectivity index (χ0) is 14.5. The van der Waals surface area contributed by atoms with Crippen LogP contribution in [0.15, 0.2) is 36.7 Å². The SMILES string of the molecule is CCOc1ccc(-c2cnccc2OC)cc1C(C)=O. The summed E-state index contributed by atoms with van der Waals surface area (Å²) >= 11 is 0. The highest BCUT2D eigenvalue weighted by molar-refractivity contribution is 5.98.